The fourth-order valence-electron chi connectivity index (χ4n) is 2.29. The Morgan fingerprint density at radius 3 is 2.52 bits per heavy atom. The zero-order valence-corrected chi connectivity index (χ0v) is 15.3. The third-order valence-corrected chi connectivity index (χ3v) is 3.50. The molecule has 3 N–H and O–H groups in total. The molecule has 2 rings (SSSR count). The summed E-state index contributed by atoms with van der Waals surface area (Å²) < 4.78 is 11.2. The van der Waals surface area contributed by atoms with Crippen molar-refractivity contribution in [2.75, 3.05) is 13.2 Å². The summed E-state index contributed by atoms with van der Waals surface area (Å²) in [5, 5.41) is 8.20. The summed E-state index contributed by atoms with van der Waals surface area (Å²) in [4.78, 5) is 24.0. The van der Waals surface area contributed by atoms with E-state index in [2.05, 4.69) is 16.0 Å². The summed E-state index contributed by atoms with van der Waals surface area (Å²) in [7, 11) is 0. The van der Waals surface area contributed by atoms with Crippen LogP contribution in [-0.4, -0.2) is 36.7 Å². The van der Waals surface area contributed by atoms with Gasteiger partial charge in [-0.15, -0.1) is 0 Å². The van der Waals surface area contributed by atoms with Crippen molar-refractivity contribution in [3.63, 3.8) is 0 Å². The van der Waals surface area contributed by atoms with Crippen LogP contribution in [0.25, 0.3) is 0 Å². The number of carbonyl (C=O) groups is 2. The van der Waals surface area contributed by atoms with Crippen molar-refractivity contribution in [3.8, 4) is 11.5 Å². The third-order valence-electron chi connectivity index (χ3n) is 3.50. The van der Waals surface area contributed by atoms with Crippen LogP contribution in [0.3, 0.4) is 0 Å². The Kier molecular flexibility index (Phi) is 6.12. The summed E-state index contributed by atoms with van der Waals surface area (Å²) in [6.07, 6.45) is 0.846. The van der Waals surface area contributed by atoms with Gasteiger partial charge in [0.05, 0.1) is 13.2 Å². The molecule has 3 amide bonds. The molecule has 1 aromatic rings. The molecular weight excluding hydrogens is 322 g/mol. The molecule has 7 nitrogen and oxygen atoms in total. The van der Waals surface area contributed by atoms with Crippen molar-refractivity contribution < 1.29 is 19.1 Å². The molecule has 0 spiro atoms. The van der Waals surface area contributed by atoms with Crippen molar-refractivity contribution in [2.24, 2.45) is 0 Å². The number of rotatable bonds is 4. The van der Waals surface area contributed by atoms with Gasteiger partial charge in [0.15, 0.2) is 11.5 Å². The molecule has 0 saturated carbocycles. The van der Waals surface area contributed by atoms with Crippen molar-refractivity contribution >= 4 is 11.9 Å². The van der Waals surface area contributed by atoms with Crippen LogP contribution in [0.5, 0.6) is 11.5 Å². The van der Waals surface area contributed by atoms with Crippen LogP contribution in [-0.2, 0) is 11.3 Å². The van der Waals surface area contributed by atoms with Crippen LogP contribution in [0.15, 0.2) is 18.2 Å². The lowest BCUT2D eigenvalue weighted by Gasteiger charge is -2.23. The predicted octanol–water partition coefficient (Wildman–Crippen LogP) is 1.95. The highest BCUT2D eigenvalue weighted by Gasteiger charge is 2.20. The molecular formula is C18H27N3O4. The molecule has 25 heavy (non-hydrogen) atoms. The lowest BCUT2D eigenvalue weighted by molar-refractivity contribution is -0.123. The number of hydrogen-bond donors (Lipinski definition) is 3. The standard InChI is InChI=1S/C18H27N3O4/c1-12(16(22)21-18(2,3)4)20-17(23)19-11-13-6-7-14-15(10-13)25-9-5-8-24-14/h6-7,10,12H,5,8-9,11H2,1-4H3,(H,21,22)(H2,19,20,23)/t12-/m1/s1. The summed E-state index contributed by atoms with van der Waals surface area (Å²) in [6.45, 7) is 8.90. The van der Waals surface area contributed by atoms with Gasteiger partial charge in [0.2, 0.25) is 5.91 Å². The van der Waals surface area contributed by atoms with E-state index >= 15 is 0 Å². The highest BCUT2D eigenvalue weighted by atomic mass is 16.5. The summed E-state index contributed by atoms with van der Waals surface area (Å²) in [5.41, 5.74) is 0.555. The SMILES string of the molecule is C[C@@H](NC(=O)NCc1ccc2c(c1)OCCCO2)C(=O)NC(C)(C)C. The first-order chi connectivity index (χ1) is 11.7. The van der Waals surface area contributed by atoms with Gasteiger partial charge in [-0.25, -0.2) is 4.79 Å². The number of hydrogen-bond acceptors (Lipinski definition) is 4. The van der Waals surface area contributed by atoms with Crippen molar-refractivity contribution in [1.29, 1.82) is 0 Å². The third kappa shape index (κ3) is 6.17. The van der Waals surface area contributed by atoms with Crippen LogP contribution in [0.4, 0.5) is 4.79 Å². The molecule has 1 atom stereocenters. The maximum Gasteiger partial charge on any atom is 0.315 e. The van der Waals surface area contributed by atoms with Gasteiger partial charge >= 0.3 is 6.03 Å². The Balaban J connectivity index is 1.83. The first kappa shape index (κ1) is 18.9. The van der Waals surface area contributed by atoms with Gasteiger partial charge in [0, 0.05) is 18.5 Å². The van der Waals surface area contributed by atoms with E-state index in [1.54, 1.807) is 6.92 Å². The Labute approximate surface area is 148 Å². The number of amides is 3. The van der Waals surface area contributed by atoms with Gasteiger partial charge < -0.3 is 25.4 Å². The van der Waals surface area contributed by atoms with Gasteiger partial charge in [-0.1, -0.05) is 6.07 Å². The van der Waals surface area contributed by atoms with E-state index in [0.29, 0.717) is 25.5 Å². The van der Waals surface area contributed by atoms with E-state index < -0.39 is 12.1 Å². The largest absolute Gasteiger partial charge is 0.490 e. The van der Waals surface area contributed by atoms with Gasteiger partial charge in [-0.2, -0.15) is 0 Å². The lowest BCUT2D eigenvalue weighted by Crippen LogP contribution is -2.52. The number of fused-ring (bicyclic) bond motifs is 1. The first-order valence-corrected chi connectivity index (χ1v) is 8.49. The van der Waals surface area contributed by atoms with Crippen LogP contribution in [0.1, 0.15) is 39.7 Å². The maximum absolute atomic E-state index is 12.0. The normalized spacial score (nSPS) is 14.9. The average Bonchev–Trinajstić information content (AvgIpc) is 2.76. The fourth-order valence-corrected chi connectivity index (χ4v) is 2.29. The van der Waals surface area contributed by atoms with E-state index in [4.69, 9.17) is 9.47 Å². The van der Waals surface area contributed by atoms with Crippen LogP contribution in [0, 0.1) is 0 Å². The Morgan fingerprint density at radius 2 is 1.84 bits per heavy atom. The smallest absolute Gasteiger partial charge is 0.315 e. The van der Waals surface area contributed by atoms with Crippen LogP contribution in [0.2, 0.25) is 0 Å². The van der Waals surface area contributed by atoms with Crippen molar-refractivity contribution in [2.45, 2.75) is 52.2 Å². The number of carbonyl (C=O) groups excluding carboxylic acids is 2. The second-order valence-electron chi connectivity index (χ2n) is 7.12. The topological polar surface area (TPSA) is 88.7 Å². The van der Waals surface area contributed by atoms with Crippen molar-refractivity contribution in [3.05, 3.63) is 23.8 Å². The second kappa shape index (κ2) is 8.09. The number of urea groups is 1. The Morgan fingerprint density at radius 1 is 1.16 bits per heavy atom. The molecule has 138 valence electrons. The van der Waals surface area contributed by atoms with E-state index in [-0.39, 0.29) is 11.4 Å². The quantitative estimate of drug-likeness (QED) is 0.775. The average molecular weight is 349 g/mol. The molecule has 1 aliphatic rings. The molecule has 1 aromatic carbocycles. The zero-order chi connectivity index (χ0) is 18.4. The minimum atomic E-state index is -0.622. The zero-order valence-electron chi connectivity index (χ0n) is 15.3. The highest BCUT2D eigenvalue weighted by molar-refractivity contribution is 5.87. The van der Waals surface area contributed by atoms with Crippen LogP contribution < -0.4 is 25.4 Å². The Bertz CT molecular complexity index is 625. The minimum Gasteiger partial charge on any atom is -0.490 e. The first-order valence-electron chi connectivity index (χ1n) is 8.49. The molecule has 1 aliphatic heterocycles. The molecule has 0 unspecified atom stereocenters. The molecule has 0 bridgehead atoms. The van der Waals surface area contributed by atoms with Gasteiger partial charge in [-0.05, 0) is 45.4 Å². The molecule has 7 heteroatoms. The molecule has 0 saturated heterocycles. The van der Waals surface area contributed by atoms with E-state index in [0.717, 1.165) is 17.7 Å². The number of benzene rings is 1. The highest BCUT2D eigenvalue weighted by Crippen LogP contribution is 2.30. The Hall–Kier alpha value is -2.44. The molecule has 0 radical (unpaired) electrons. The number of nitrogens with one attached hydrogen (secondary N) is 3. The van der Waals surface area contributed by atoms with E-state index in [1.807, 2.05) is 39.0 Å². The summed E-state index contributed by atoms with van der Waals surface area (Å²) in [6, 6.07) is 4.56. The summed E-state index contributed by atoms with van der Waals surface area (Å²) in [5.74, 6) is 1.19. The fraction of sp³-hybridized carbons (Fsp3) is 0.556. The van der Waals surface area contributed by atoms with Gasteiger partial charge in [0.1, 0.15) is 6.04 Å². The maximum atomic E-state index is 12.0. The lowest BCUT2D eigenvalue weighted by atomic mass is 10.1. The monoisotopic (exact) mass is 349 g/mol. The van der Waals surface area contributed by atoms with Crippen LogP contribution >= 0.6 is 0 Å². The summed E-state index contributed by atoms with van der Waals surface area (Å²) >= 11 is 0. The van der Waals surface area contributed by atoms with E-state index in [9.17, 15) is 9.59 Å². The molecule has 1 heterocycles. The molecule has 0 aliphatic carbocycles. The predicted molar refractivity (Wildman–Crippen MR) is 94.8 cm³/mol. The van der Waals surface area contributed by atoms with Gasteiger partial charge in [0.25, 0.3) is 0 Å². The second-order valence-corrected chi connectivity index (χ2v) is 7.12. The molecule has 0 aromatic heterocycles. The molecule has 0 fully saturated rings. The van der Waals surface area contributed by atoms with E-state index in [1.165, 1.54) is 0 Å². The number of ether oxygens (including phenoxy) is 2. The minimum absolute atomic E-state index is 0.224. The van der Waals surface area contributed by atoms with Gasteiger partial charge in [-0.3, -0.25) is 4.79 Å². The van der Waals surface area contributed by atoms with Crippen molar-refractivity contribution in [1.82, 2.24) is 16.0 Å².